The second-order valence-electron chi connectivity index (χ2n) is 6.90. The molecule has 1 atom stereocenters. The largest absolute Gasteiger partial charge is 0.503 e. The Morgan fingerprint density at radius 3 is 2.46 bits per heavy atom. The number of hydrogen-bond acceptors (Lipinski definition) is 4. The van der Waals surface area contributed by atoms with Gasteiger partial charge in [-0.25, -0.2) is 0 Å². The molecule has 1 aliphatic rings. The van der Waals surface area contributed by atoms with Crippen molar-refractivity contribution in [3.63, 3.8) is 0 Å². The van der Waals surface area contributed by atoms with Crippen molar-refractivity contribution in [2.24, 2.45) is 5.92 Å². The summed E-state index contributed by atoms with van der Waals surface area (Å²) < 4.78 is 5.50. The standard InChI is InChI=1S/C21H23NO4/c1-4-14-7-9-15(10-8-14)22-19(17-6-5-11-26-17)18(20(24)21(22)25)16(23)12-13(2)3/h5-11,13,19,24H,4,12H2,1-3H3. The second-order valence-corrected chi connectivity index (χ2v) is 6.90. The van der Waals surface area contributed by atoms with Crippen LogP contribution in [0.5, 0.6) is 0 Å². The number of carbonyl (C=O) groups excluding carboxylic acids is 2. The topological polar surface area (TPSA) is 70.8 Å². The Morgan fingerprint density at radius 1 is 1.23 bits per heavy atom. The first kappa shape index (κ1) is 18.0. The summed E-state index contributed by atoms with van der Waals surface area (Å²) in [6, 6.07) is 10.2. The van der Waals surface area contributed by atoms with E-state index in [1.54, 1.807) is 12.1 Å². The lowest BCUT2D eigenvalue weighted by molar-refractivity contribution is -0.118. The summed E-state index contributed by atoms with van der Waals surface area (Å²) in [4.78, 5) is 27.0. The summed E-state index contributed by atoms with van der Waals surface area (Å²) in [6.07, 6.45) is 2.64. The van der Waals surface area contributed by atoms with Gasteiger partial charge in [0.25, 0.3) is 5.91 Å². The van der Waals surface area contributed by atoms with E-state index >= 15 is 0 Å². The van der Waals surface area contributed by atoms with Crippen molar-refractivity contribution in [3.8, 4) is 0 Å². The third-order valence-electron chi connectivity index (χ3n) is 4.54. The molecule has 2 aromatic rings. The number of anilines is 1. The minimum Gasteiger partial charge on any atom is -0.503 e. The predicted molar refractivity (Wildman–Crippen MR) is 98.9 cm³/mol. The first-order chi connectivity index (χ1) is 12.4. The summed E-state index contributed by atoms with van der Waals surface area (Å²) >= 11 is 0. The Kier molecular flexibility index (Phi) is 4.98. The SMILES string of the molecule is CCc1ccc(N2C(=O)C(O)=C(C(=O)CC(C)C)C2c2ccco2)cc1. The van der Waals surface area contributed by atoms with E-state index in [0.29, 0.717) is 11.4 Å². The summed E-state index contributed by atoms with van der Waals surface area (Å²) in [5, 5.41) is 10.5. The fourth-order valence-electron chi connectivity index (χ4n) is 3.25. The number of aliphatic hydroxyl groups is 1. The molecule has 5 heteroatoms. The van der Waals surface area contributed by atoms with Crippen LogP contribution in [-0.4, -0.2) is 16.8 Å². The molecule has 1 unspecified atom stereocenters. The van der Waals surface area contributed by atoms with Crippen LogP contribution in [0.2, 0.25) is 0 Å². The van der Waals surface area contributed by atoms with Gasteiger partial charge in [0.1, 0.15) is 11.8 Å². The van der Waals surface area contributed by atoms with E-state index in [1.165, 1.54) is 11.2 Å². The maximum atomic E-state index is 12.8. The Hall–Kier alpha value is -2.82. The van der Waals surface area contributed by atoms with E-state index in [9.17, 15) is 14.7 Å². The van der Waals surface area contributed by atoms with E-state index in [2.05, 4.69) is 6.92 Å². The molecule has 0 radical (unpaired) electrons. The van der Waals surface area contributed by atoms with Crippen molar-refractivity contribution in [2.75, 3.05) is 4.90 Å². The van der Waals surface area contributed by atoms with Crippen LogP contribution in [0, 0.1) is 5.92 Å². The van der Waals surface area contributed by atoms with E-state index < -0.39 is 17.7 Å². The Bertz CT molecular complexity index is 831. The molecule has 1 N–H and O–H groups in total. The molecule has 1 aromatic heterocycles. The van der Waals surface area contributed by atoms with Gasteiger partial charge in [-0.2, -0.15) is 0 Å². The van der Waals surface area contributed by atoms with Gasteiger partial charge >= 0.3 is 0 Å². The molecule has 0 saturated carbocycles. The number of aliphatic hydroxyl groups excluding tert-OH is 1. The van der Waals surface area contributed by atoms with Gasteiger partial charge in [0.05, 0.1) is 11.8 Å². The molecule has 0 aliphatic carbocycles. The number of carbonyl (C=O) groups is 2. The first-order valence-electron chi connectivity index (χ1n) is 8.86. The fraction of sp³-hybridized carbons (Fsp3) is 0.333. The van der Waals surface area contributed by atoms with Crippen LogP contribution in [0.4, 0.5) is 5.69 Å². The number of ketones is 1. The van der Waals surface area contributed by atoms with Crippen LogP contribution < -0.4 is 4.90 Å². The predicted octanol–water partition coefficient (Wildman–Crippen LogP) is 4.36. The molecule has 0 saturated heterocycles. The maximum absolute atomic E-state index is 12.8. The summed E-state index contributed by atoms with van der Waals surface area (Å²) in [5.74, 6) is -0.735. The Labute approximate surface area is 152 Å². The van der Waals surface area contributed by atoms with Crippen molar-refractivity contribution < 1.29 is 19.1 Å². The zero-order chi connectivity index (χ0) is 18.8. The number of furan rings is 1. The van der Waals surface area contributed by atoms with Gasteiger partial charge in [-0.1, -0.05) is 32.9 Å². The van der Waals surface area contributed by atoms with Gasteiger partial charge in [-0.15, -0.1) is 0 Å². The summed E-state index contributed by atoms with van der Waals surface area (Å²) in [6.45, 7) is 5.91. The van der Waals surface area contributed by atoms with Crippen LogP contribution in [-0.2, 0) is 16.0 Å². The van der Waals surface area contributed by atoms with E-state index in [0.717, 1.165) is 12.0 Å². The molecule has 26 heavy (non-hydrogen) atoms. The minimum atomic E-state index is -0.753. The molecule has 1 amide bonds. The van der Waals surface area contributed by atoms with Gasteiger partial charge in [0.15, 0.2) is 11.5 Å². The molecule has 0 fully saturated rings. The number of benzene rings is 1. The van der Waals surface area contributed by atoms with E-state index in [-0.39, 0.29) is 23.7 Å². The smallest absolute Gasteiger partial charge is 0.294 e. The lowest BCUT2D eigenvalue weighted by Gasteiger charge is -2.25. The maximum Gasteiger partial charge on any atom is 0.294 e. The molecular formula is C21H23NO4. The van der Waals surface area contributed by atoms with Crippen LogP contribution in [0.3, 0.4) is 0 Å². The molecule has 0 spiro atoms. The molecule has 1 aromatic carbocycles. The summed E-state index contributed by atoms with van der Waals surface area (Å²) in [7, 11) is 0. The molecule has 136 valence electrons. The third kappa shape index (κ3) is 3.17. The number of aryl methyl sites for hydroxylation is 1. The van der Waals surface area contributed by atoms with Crippen molar-refractivity contribution in [3.05, 3.63) is 65.3 Å². The van der Waals surface area contributed by atoms with E-state index in [1.807, 2.05) is 38.1 Å². The highest BCUT2D eigenvalue weighted by molar-refractivity contribution is 6.16. The van der Waals surface area contributed by atoms with Crippen LogP contribution in [0.1, 0.15) is 44.6 Å². The van der Waals surface area contributed by atoms with Crippen LogP contribution >= 0.6 is 0 Å². The molecular weight excluding hydrogens is 330 g/mol. The third-order valence-corrected chi connectivity index (χ3v) is 4.54. The van der Waals surface area contributed by atoms with Gasteiger partial charge in [-0.05, 0) is 42.2 Å². The molecule has 5 nitrogen and oxygen atoms in total. The number of amides is 1. The molecule has 0 bridgehead atoms. The average Bonchev–Trinajstić information content (AvgIpc) is 3.22. The number of rotatable bonds is 6. The highest BCUT2D eigenvalue weighted by atomic mass is 16.3. The zero-order valence-corrected chi connectivity index (χ0v) is 15.2. The van der Waals surface area contributed by atoms with Crippen LogP contribution in [0.25, 0.3) is 0 Å². The number of nitrogens with zero attached hydrogens (tertiary/aromatic N) is 1. The molecule has 2 heterocycles. The molecule has 3 rings (SSSR count). The lowest BCUT2D eigenvalue weighted by atomic mass is 9.95. The normalized spacial score (nSPS) is 17.5. The van der Waals surface area contributed by atoms with Gasteiger partial charge in [0.2, 0.25) is 0 Å². The number of Topliss-reactive ketones (excluding diaryl/α,β-unsaturated/α-hetero) is 1. The highest BCUT2D eigenvalue weighted by Crippen LogP contribution is 2.41. The zero-order valence-electron chi connectivity index (χ0n) is 15.2. The monoisotopic (exact) mass is 353 g/mol. The fourth-order valence-corrected chi connectivity index (χ4v) is 3.25. The van der Waals surface area contributed by atoms with Crippen molar-refractivity contribution in [1.29, 1.82) is 0 Å². The highest BCUT2D eigenvalue weighted by Gasteiger charge is 2.45. The quantitative estimate of drug-likeness (QED) is 0.838. The Balaban J connectivity index is 2.07. The number of hydrogen-bond donors (Lipinski definition) is 1. The Morgan fingerprint density at radius 2 is 1.92 bits per heavy atom. The van der Waals surface area contributed by atoms with E-state index in [4.69, 9.17) is 4.42 Å². The second kappa shape index (κ2) is 7.20. The minimum absolute atomic E-state index is 0.109. The van der Waals surface area contributed by atoms with Gasteiger partial charge in [0, 0.05) is 12.1 Å². The van der Waals surface area contributed by atoms with Crippen molar-refractivity contribution in [1.82, 2.24) is 0 Å². The first-order valence-corrected chi connectivity index (χ1v) is 8.86. The van der Waals surface area contributed by atoms with Gasteiger partial charge in [-0.3, -0.25) is 14.5 Å². The molecule has 1 aliphatic heterocycles. The van der Waals surface area contributed by atoms with Crippen molar-refractivity contribution >= 4 is 17.4 Å². The van der Waals surface area contributed by atoms with Crippen LogP contribution in [0.15, 0.2) is 58.4 Å². The van der Waals surface area contributed by atoms with Gasteiger partial charge < -0.3 is 9.52 Å². The summed E-state index contributed by atoms with van der Waals surface area (Å²) in [5.41, 5.74) is 1.87. The lowest BCUT2D eigenvalue weighted by Crippen LogP contribution is -2.30. The van der Waals surface area contributed by atoms with Crippen molar-refractivity contribution in [2.45, 2.75) is 39.7 Å². The average molecular weight is 353 g/mol.